The molecule has 0 radical (unpaired) electrons. The summed E-state index contributed by atoms with van der Waals surface area (Å²) in [7, 11) is 0. The molecule has 1 saturated carbocycles. The SMILES string of the molecule is O=C([C@H]1CSCN1C(=O)C1CCC1)N1CCN(CC(F)F)CC1. The number of nitrogens with zero attached hydrogens (tertiary/aromatic N) is 3. The average molecular weight is 347 g/mol. The lowest BCUT2D eigenvalue weighted by Gasteiger charge is -2.38. The minimum atomic E-state index is -2.33. The summed E-state index contributed by atoms with van der Waals surface area (Å²) in [6.07, 6.45) is 0.641. The van der Waals surface area contributed by atoms with Crippen LogP contribution >= 0.6 is 11.8 Å². The maximum Gasteiger partial charge on any atom is 0.251 e. The van der Waals surface area contributed by atoms with Crippen LogP contribution in [0.5, 0.6) is 0 Å². The predicted molar refractivity (Wildman–Crippen MR) is 84.3 cm³/mol. The van der Waals surface area contributed by atoms with Crippen LogP contribution in [0, 0.1) is 5.92 Å². The molecule has 23 heavy (non-hydrogen) atoms. The molecule has 0 unspecified atom stereocenters. The molecule has 2 saturated heterocycles. The highest BCUT2D eigenvalue weighted by molar-refractivity contribution is 7.99. The Bertz CT molecular complexity index is 454. The summed E-state index contributed by atoms with van der Waals surface area (Å²) in [6.45, 7) is 1.67. The largest absolute Gasteiger partial charge is 0.338 e. The zero-order chi connectivity index (χ0) is 16.4. The summed E-state index contributed by atoms with van der Waals surface area (Å²) < 4.78 is 24.8. The van der Waals surface area contributed by atoms with Crippen molar-refractivity contribution in [2.45, 2.75) is 31.7 Å². The van der Waals surface area contributed by atoms with Gasteiger partial charge in [0.25, 0.3) is 6.43 Å². The van der Waals surface area contributed by atoms with Crippen molar-refractivity contribution in [2.24, 2.45) is 5.92 Å². The third-order valence-electron chi connectivity index (χ3n) is 4.99. The summed E-state index contributed by atoms with van der Waals surface area (Å²) in [6, 6.07) is -0.366. The zero-order valence-corrected chi connectivity index (χ0v) is 13.9. The van der Waals surface area contributed by atoms with Crippen LogP contribution in [0.25, 0.3) is 0 Å². The van der Waals surface area contributed by atoms with Crippen molar-refractivity contribution in [2.75, 3.05) is 44.4 Å². The summed E-state index contributed by atoms with van der Waals surface area (Å²) >= 11 is 1.62. The van der Waals surface area contributed by atoms with Crippen LogP contribution in [-0.2, 0) is 9.59 Å². The molecular formula is C15H23F2N3O2S. The van der Waals surface area contributed by atoms with E-state index in [-0.39, 0.29) is 30.3 Å². The Balaban J connectivity index is 1.54. The number of piperazine rings is 1. The highest BCUT2D eigenvalue weighted by Crippen LogP contribution is 2.32. The number of alkyl halides is 2. The molecule has 2 amide bonds. The minimum absolute atomic E-state index is 0.0145. The molecule has 8 heteroatoms. The van der Waals surface area contributed by atoms with Crippen LogP contribution in [0.1, 0.15) is 19.3 Å². The van der Waals surface area contributed by atoms with E-state index in [1.165, 1.54) is 0 Å². The molecular weight excluding hydrogens is 324 g/mol. The van der Waals surface area contributed by atoms with Crippen molar-refractivity contribution in [1.29, 1.82) is 0 Å². The quantitative estimate of drug-likeness (QED) is 0.764. The second-order valence-corrected chi connectivity index (χ2v) is 7.47. The molecule has 2 heterocycles. The number of hydrogen-bond acceptors (Lipinski definition) is 4. The molecule has 2 aliphatic heterocycles. The molecule has 3 rings (SSSR count). The van der Waals surface area contributed by atoms with Crippen LogP contribution in [-0.4, -0.2) is 83.3 Å². The van der Waals surface area contributed by atoms with Gasteiger partial charge in [0, 0.05) is 37.8 Å². The number of carbonyl (C=O) groups excluding carboxylic acids is 2. The van der Waals surface area contributed by atoms with Gasteiger partial charge in [0.1, 0.15) is 6.04 Å². The van der Waals surface area contributed by atoms with Gasteiger partial charge in [-0.15, -0.1) is 11.8 Å². The van der Waals surface area contributed by atoms with E-state index in [4.69, 9.17) is 0 Å². The van der Waals surface area contributed by atoms with E-state index in [1.807, 2.05) is 0 Å². The molecule has 0 aromatic heterocycles. The van der Waals surface area contributed by atoms with E-state index in [9.17, 15) is 18.4 Å². The molecule has 1 aliphatic carbocycles. The number of hydrogen-bond donors (Lipinski definition) is 0. The molecule has 130 valence electrons. The molecule has 0 aromatic rings. The summed E-state index contributed by atoms with van der Waals surface area (Å²) in [5.41, 5.74) is 0. The minimum Gasteiger partial charge on any atom is -0.338 e. The van der Waals surface area contributed by atoms with Gasteiger partial charge in [0.2, 0.25) is 11.8 Å². The van der Waals surface area contributed by atoms with Crippen LogP contribution in [0.15, 0.2) is 0 Å². The molecule has 3 fully saturated rings. The number of halogens is 2. The maximum atomic E-state index is 12.7. The average Bonchev–Trinajstić information content (AvgIpc) is 2.94. The number of amides is 2. The van der Waals surface area contributed by atoms with Gasteiger partial charge in [-0.3, -0.25) is 14.5 Å². The summed E-state index contributed by atoms with van der Waals surface area (Å²) in [5.74, 6) is 1.45. The lowest BCUT2D eigenvalue weighted by Crippen LogP contribution is -2.56. The van der Waals surface area contributed by atoms with Crippen LogP contribution in [0.2, 0.25) is 0 Å². The number of rotatable bonds is 4. The Labute approximate surface area is 139 Å². The molecule has 0 spiro atoms. The Hall–Kier alpha value is -0.890. The van der Waals surface area contributed by atoms with Crippen LogP contribution < -0.4 is 0 Å². The van der Waals surface area contributed by atoms with E-state index in [1.54, 1.807) is 26.5 Å². The van der Waals surface area contributed by atoms with E-state index in [0.29, 0.717) is 37.8 Å². The highest BCUT2D eigenvalue weighted by Gasteiger charge is 2.41. The Morgan fingerprint density at radius 1 is 1.09 bits per heavy atom. The Morgan fingerprint density at radius 2 is 1.78 bits per heavy atom. The smallest absolute Gasteiger partial charge is 0.251 e. The van der Waals surface area contributed by atoms with Crippen LogP contribution in [0.4, 0.5) is 8.78 Å². The third kappa shape index (κ3) is 3.79. The van der Waals surface area contributed by atoms with E-state index < -0.39 is 6.43 Å². The molecule has 0 N–H and O–H groups in total. The van der Waals surface area contributed by atoms with E-state index >= 15 is 0 Å². The number of thioether (sulfide) groups is 1. The van der Waals surface area contributed by atoms with Gasteiger partial charge in [-0.05, 0) is 12.8 Å². The van der Waals surface area contributed by atoms with Crippen molar-refractivity contribution in [3.63, 3.8) is 0 Å². The molecule has 1 atom stereocenters. The van der Waals surface area contributed by atoms with Gasteiger partial charge in [-0.2, -0.15) is 0 Å². The first-order valence-corrected chi connectivity index (χ1v) is 9.39. The molecule has 0 bridgehead atoms. The number of carbonyl (C=O) groups is 2. The fourth-order valence-corrected chi connectivity index (χ4v) is 4.47. The Morgan fingerprint density at radius 3 is 2.35 bits per heavy atom. The van der Waals surface area contributed by atoms with Gasteiger partial charge >= 0.3 is 0 Å². The monoisotopic (exact) mass is 347 g/mol. The molecule has 0 aromatic carbocycles. The second-order valence-electron chi connectivity index (χ2n) is 6.47. The van der Waals surface area contributed by atoms with Gasteiger partial charge in [0.15, 0.2) is 0 Å². The Kier molecular flexibility index (Phi) is 5.41. The highest BCUT2D eigenvalue weighted by atomic mass is 32.2. The van der Waals surface area contributed by atoms with Crippen molar-refractivity contribution in [3.8, 4) is 0 Å². The van der Waals surface area contributed by atoms with Crippen molar-refractivity contribution >= 4 is 23.6 Å². The zero-order valence-electron chi connectivity index (χ0n) is 13.1. The molecule has 5 nitrogen and oxygen atoms in total. The van der Waals surface area contributed by atoms with E-state index in [2.05, 4.69) is 0 Å². The van der Waals surface area contributed by atoms with Crippen molar-refractivity contribution in [1.82, 2.24) is 14.7 Å². The van der Waals surface area contributed by atoms with Gasteiger partial charge in [0.05, 0.1) is 12.4 Å². The summed E-state index contributed by atoms with van der Waals surface area (Å²) in [4.78, 5) is 30.3. The first-order chi connectivity index (χ1) is 11.1. The first-order valence-electron chi connectivity index (χ1n) is 8.24. The van der Waals surface area contributed by atoms with E-state index in [0.717, 1.165) is 19.3 Å². The molecule has 3 aliphatic rings. The predicted octanol–water partition coefficient (Wildman–Crippen LogP) is 1.10. The fraction of sp³-hybridized carbons (Fsp3) is 0.867. The first kappa shape index (κ1) is 17.0. The fourth-order valence-electron chi connectivity index (χ4n) is 3.31. The summed E-state index contributed by atoms with van der Waals surface area (Å²) in [5, 5.41) is 0. The van der Waals surface area contributed by atoms with Crippen LogP contribution in [0.3, 0.4) is 0 Å². The van der Waals surface area contributed by atoms with Crippen molar-refractivity contribution < 1.29 is 18.4 Å². The second kappa shape index (κ2) is 7.34. The van der Waals surface area contributed by atoms with Gasteiger partial charge in [-0.25, -0.2) is 8.78 Å². The standard InChI is InChI=1S/C15H23F2N3O2S/c16-13(17)8-18-4-6-19(7-5-18)15(22)12-9-23-10-20(12)14(21)11-2-1-3-11/h11-13H,1-10H2/t12-/m1/s1. The van der Waals surface area contributed by atoms with Gasteiger partial charge in [-0.1, -0.05) is 6.42 Å². The van der Waals surface area contributed by atoms with Crippen molar-refractivity contribution in [3.05, 3.63) is 0 Å². The third-order valence-corrected chi connectivity index (χ3v) is 6.00. The topological polar surface area (TPSA) is 43.9 Å². The normalized spacial score (nSPS) is 26.7. The lowest BCUT2D eigenvalue weighted by atomic mass is 9.84. The van der Waals surface area contributed by atoms with Gasteiger partial charge < -0.3 is 9.80 Å². The maximum absolute atomic E-state index is 12.7. The lowest BCUT2D eigenvalue weighted by molar-refractivity contribution is -0.148.